The Morgan fingerprint density at radius 1 is 0.733 bits per heavy atom. The van der Waals surface area contributed by atoms with Gasteiger partial charge in [0.1, 0.15) is 0 Å². The lowest BCUT2D eigenvalue weighted by atomic mass is 10.00. The van der Waals surface area contributed by atoms with Crippen LogP contribution in [0.3, 0.4) is 0 Å². The summed E-state index contributed by atoms with van der Waals surface area (Å²) in [6.07, 6.45) is 9.98. The quantitative estimate of drug-likeness (QED) is 0.587. The van der Waals surface area contributed by atoms with Crippen molar-refractivity contribution in [2.75, 3.05) is 0 Å². The van der Waals surface area contributed by atoms with Gasteiger partial charge in [0.15, 0.2) is 5.78 Å². The van der Waals surface area contributed by atoms with E-state index < -0.39 is 0 Å². The zero-order valence-electron chi connectivity index (χ0n) is 9.18. The number of alkyl halides is 2. The predicted molar refractivity (Wildman–Crippen MR) is 65.8 cm³/mol. The van der Waals surface area contributed by atoms with Gasteiger partial charge < -0.3 is 0 Å². The molecule has 0 aromatic rings. The van der Waals surface area contributed by atoms with Gasteiger partial charge >= 0.3 is 0 Å². The molecule has 0 unspecified atom stereocenters. The van der Waals surface area contributed by atoms with Crippen molar-refractivity contribution in [3.8, 4) is 0 Å². The fourth-order valence-electron chi connectivity index (χ4n) is 2.01. The van der Waals surface area contributed by atoms with Crippen LogP contribution in [0, 0.1) is 0 Å². The molecule has 1 nitrogen and oxygen atoms in total. The van der Waals surface area contributed by atoms with E-state index in [1.54, 1.807) is 0 Å². The fraction of sp³-hybridized carbons (Fsp3) is 0.917. The van der Waals surface area contributed by atoms with Gasteiger partial charge in [0.05, 0.1) is 10.8 Å². The van der Waals surface area contributed by atoms with Crippen LogP contribution in [0.1, 0.15) is 57.8 Å². The van der Waals surface area contributed by atoms with Crippen molar-refractivity contribution in [3.63, 3.8) is 0 Å². The summed E-state index contributed by atoms with van der Waals surface area (Å²) >= 11 is 12.0. The van der Waals surface area contributed by atoms with Crippen molar-refractivity contribution < 1.29 is 4.79 Å². The molecule has 15 heavy (non-hydrogen) atoms. The van der Waals surface area contributed by atoms with Gasteiger partial charge in [-0.1, -0.05) is 44.9 Å². The maximum atomic E-state index is 11.7. The van der Waals surface area contributed by atoms with Crippen LogP contribution in [0.25, 0.3) is 0 Å². The van der Waals surface area contributed by atoms with Gasteiger partial charge in [-0.25, -0.2) is 0 Å². The summed E-state index contributed by atoms with van der Waals surface area (Å²) in [4.78, 5) is 11.7. The summed E-state index contributed by atoms with van der Waals surface area (Å²) in [6.45, 7) is 0. The molecule has 0 bridgehead atoms. The number of hydrogen-bond donors (Lipinski definition) is 0. The maximum absolute atomic E-state index is 11.7. The first-order valence-corrected chi connectivity index (χ1v) is 6.91. The molecular formula is C12H20Cl2O. The van der Waals surface area contributed by atoms with Gasteiger partial charge in [0, 0.05) is 0 Å². The second-order valence-electron chi connectivity index (χ2n) is 4.39. The standard InChI is InChI=1S/C12H20Cl2O/c13-10-8-6-4-2-1-3-5-7-9-11(14)12(10)15/h10-11H,1-9H2/t10-,11-/m0/s1. The van der Waals surface area contributed by atoms with Gasteiger partial charge in [-0.2, -0.15) is 0 Å². The lowest BCUT2D eigenvalue weighted by molar-refractivity contribution is -0.118. The van der Waals surface area contributed by atoms with E-state index in [0.717, 1.165) is 25.7 Å². The molecule has 0 N–H and O–H groups in total. The average Bonchev–Trinajstić information content (AvgIpc) is 2.23. The molecule has 0 aromatic carbocycles. The highest BCUT2D eigenvalue weighted by Gasteiger charge is 2.22. The number of carbonyl (C=O) groups excluding carboxylic acids is 1. The second kappa shape index (κ2) is 7.51. The molecule has 0 spiro atoms. The van der Waals surface area contributed by atoms with Crippen molar-refractivity contribution in [3.05, 3.63) is 0 Å². The number of hydrogen-bond acceptors (Lipinski definition) is 1. The van der Waals surface area contributed by atoms with E-state index in [9.17, 15) is 4.79 Å². The van der Waals surface area contributed by atoms with Crippen molar-refractivity contribution in [2.24, 2.45) is 0 Å². The summed E-state index contributed by atoms with van der Waals surface area (Å²) < 4.78 is 0. The summed E-state index contributed by atoms with van der Waals surface area (Å²) in [7, 11) is 0. The highest BCUT2D eigenvalue weighted by atomic mass is 35.5. The van der Waals surface area contributed by atoms with Crippen molar-refractivity contribution in [2.45, 2.75) is 68.5 Å². The molecule has 3 heteroatoms. The van der Waals surface area contributed by atoms with E-state index in [-0.39, 0.29) is 16.5 Å². The van der Waals surface area contributed by atoms with Gasteiger partial charge in [-0.3, -0.25) is 4.79 Å². The molecule has 1 fully saturated rings. The number of halogens is 2. The normalized spacial score (nSPS) is 31.7. The molecule has 0 saturated heterocycles. The molecule has 0 amide bonds. The Hall–Kier alpha value is 0.250. The van der Waals surface area contributed by atoms with Crippen LogP contribution in [0.4, 0.5) is 0 Å². The molecule has 1 aliphatic rings. The minimum absolute atomic E-state index is 0.0407. The van der Waals surface area contributed by atoms with E-state index >= 15 is 0 Å². The third-order valence-corrected chi connectivity index (χ3v) is 3.90. The SMILES string of the molecule is O=C1[C@@H](Cl)CCCCCCCCC[C@@H]1Cl. The first-order valence-electron chi connectivity index (χ1n) is 6.03. The summed E-state index contributed by atoms with van der Waals surface area (Å²) in [6, 6.07) is 0. The molecule has 1 rings (SSSR count). The molecule has 1 saturated carbocycles. The molecular weight excluding hydrogens is 231 g/mol. The van der Waals surface area contributed by atoms with Crippen molar-refractivity contribution in [1.82, 2.24) is 0 Å². The predicted octanol–water partition coefficient (Wildman–Crippen LogP) is 4.29. The minimum atomic E-state index is -0.355. The average molecular weight is 251 g/mol. The highest BCUT2D eigenvalue weighted by Crippen LogP contribution is 2.20. The first kappa shape index (κ1) is 13.3. The lowest BCUT2D eigenvalue weighted by Gasteiger charge is -2.14. The molecule has 0 aliphatic heterocycles. The molecule has 88 valence electrons. The molecule has 0 radical (unpaired) electrons. The van der Waals surface area contributed by atoms with Crippen LogP contribution in [-0.4, -0.2) is 16.5 Å². The van der Waals surface area contributed by atoms with Crippen LogP contribution in [0.5, 0.6) is 0 Å². The third-order valence-electron chi connectivity index (χ3n) is 3.03. The third kappa shape index (κ3) is 5.21. The second-order valence-corrected chi connectivity index (χ2v) is 5.44. The van der Waals surface area contributed by atoms with Crippen molar-refractivity contribution >= 4 is 29.0 Å². The zero-order valence-corrected chi connectivity index (χ0v) is 10.7. The Bertz CT molecular complexity index is 176. The Balaban J connectivity index is 2.40. The van der Waals surface area contributed by atoms with Crippen molar-refractivity contribution in [1.29, 1.82) is 0 Å². The van der Waals surface area contributed by atoms with Crippen LogP contribution in [-0.2, 0) is 4.79 Å². The fourth-order valence-corrected chi connectivity index (χ4v) is 2.69. The van der Waals surface area contributed by atoms with Crippen LogP contribution in [0.2, 0.25) is 0 Å². The number of rotatable bonds is 0. The van der Waals surface area contributed by atoms with Gasteiger partial charge in [0.25, 0.3) is 0 Å². The largest absolute Gasteiger partial charge is 0.296 e. The van der Waals surface area contributed by atoms with Gasteiger partial charge in [-0.15, -0.1) is 23.2 Å². The van der Waals surface area contributed by atoms with Crippen LogP contribution >= 0.6 is 23.2 Å². The number of ketones is 1. The van der Waals surface area contributed by atoms with E-state index in [2.05, 4.69) is 0 Å². The Morgan fingerprint density at radius 2 is 1.07 bits per heavy atom. The minimum Gasteiger partial charge on any atom is -0.296 e. The topological polar surface area (TPSA) is 17.1 Å². The lowest BCUT2D eigenvalue weighted by Crippen LogP contribution is -2.24. The summed E-state index contributed by atoms with van der Waals surface area (Å²) in [5, 5.41) is -0.709. The monoisotopic (exact) mass is 250 g/mol. The molecule has 0 aromatic heterocycles. The zero-order chi connectivity index (χ0) is 11.1. The highest BCUT2D eigenvalue weighted by molar-refractivity contribution is 6.40. The molecule has 1 aliphatic carbocycles. The van der Waals surface area contributed by atoms with E-state index in [1.165, 1.54) is 32.1 Å². The van der Waals surface area contributed by atoms with E-state index in [1.807, 2.05) is 0 Å². The number of carbonyl (C=O) groups is 1. The first-order chi connectivity index (χ1) is 7.22. The Labute approximate surface area is 103 Å². The van der Waals surface area contributed by atoms with E-state index in [0.29, 0.717) is 0 Å². The van der Waals surface area contributed by atoms with Gasteiger partial charge in [-0.05, 0) is 12.8 Å². The summed E-state index contributed by atoms with van der Waals surface area (Å²) in [5.74, 6) is 0.0407. The van der Waals surface area contributed by atoms with Crippen LogP contribution in [0.15, 0.2) is 0 Å². The maximum Gasteiger partial charge on any atom is 0.168 e. The van der Waals surface area contributed by atoms with Crippen LogP contribution < -0.4 is 0 Å². The molecule has 0 heterocycles. The smallest absolute Gasteiger partial charge is 0.168 e. The Kier molecular flexibility index (Phi) is 6.67. The van der Waals surface area contributed by atoms with E-state index in [4.69, 9.17) is 23.2 Å². The molecule has 2 atom stereocenters. The number of Topliss-reactive ketones (excluding diaryl/α,β-unsaturated/α-hetero) is 1. The van der Waals surface area contributed by atoms with Gasteiger partial charge in [0.2, 0.25) is 0 Å². The summed E-state index contributed by atoms with van der Waals surface area (Å²) in [5.41, 5.74) is 0. The Morgan fingerprint density at radius 3 is 1.47 bits per heavy atom.